The Kier molecular flexibility index (Phi) is 1.14. The van der Waals surface area contributed by atoms with Crippen LogP contribution in [0.4, 0.5) is 0 Å². The van der Waals surface area contributed by atoms with Crippen molar-refractivity contribution in [1.29, 1.82) is 0 Å². The molecule has 0 bridgehead atoms. The van der Waals surface area contributed by atoms with Crippen LogP contribution >= 0.6 is 12.0 Å². The standard InChI is InChI=1S/C3H4O2S/c4-3-1-2-6-5-3/h1-4H. The maximum atomic E-state index is 8.40. The Bertz CT molecular complexity index is 71.2. The summed E-state index contributed by atoms with van der Waals surface area (Å²) in [5.41, 5.74) is 0. The molecule has 1 aliphatic rings. The fraction of sp³-hybridized carbons (Fsp3) is 0.333. The van der Waals surface area contributed by atoms with Gasteiger partial charge in [0.25, 0.3) is 0 Å². The minimum Gasteiger partial charge on any atom is -0.364 e. The average Bonchev–Trinajstić information content (AvgIpc) is 1.86. The zero-order valence-corrected chi connectivity index (χ0v) is 3.81. The van der Waals surface area contributed by atoms with Gasteiger partial charge in [0.15, 0.2) is 6.29 Å². The molecule has 6 heavy (non-hydrogen) atoms. The quantitative estimate of drug-likeness (QED) is 0.454. The molecule has 1 rings (SSSR count). The Morgan fingerprint density at radius 1 is 1.83 bits per heavy atom. The van der Waals surface area contributed by atoms with Crippen LogP contribution in [0.25, 0.3) is 0 Å². The molecule has 0 aromatic rings. The van der Waals surface area contributed by atoms with E-state index in [0.29, 0.717) is 0 Å². The average molecular weight is 104 g/mol. The highest BCUT2D eigenvalue weighted by Gasteiger charge is 2.02. The van der Waals surface area contributed by atoms with Crippen LogP contribution in [0, 0.1) is 0 Å². The van der Waals surface area contributed by atoms with Crippen molar-refractivity contribution in [2.45, 2.75) is 6.29 Å². The molecular weight excluding hydrogens is 100 g/mol. The number of aliphatic hydroxyl groups is 1. The molecule has 0 amide bonds. The zero-order valence-electron chi connectivity index (χ0n) is 3.00. The van der Waals surface area contributed by atoms with Gasteiger partial charge in [-0.3, -0.25) is 4.18 Å². The number of hydrogen-bond donors (Lipinski definition) is 1. The summed E-state index contributed by atoms with van der Waals surface area (Å²) >= 11 is 1.15. The molecule has 0 spiro atoms. The fourth-order valence-corrected chi connectivity index (χ4v) is 0.661. The Hall–Kier alpha value is 0.01000. The van der Waals surface area contributed by atoms with Crippen LogP contribution in [0.15, 0.2) is 11.5 Å². The monoisotopic (exact) mass is 104 g/mol. The predicted molar refractivity (Wildman–Crippen MR) is 23.8 cm³/mol. The van der Waals surface area contributed by atoms with Gasteiger partial charge in [-0.25, -0.2) is 0 Å². The van der Waals surface area contributed by atoms with Crippen molar-refractivity contribution in [1.82, 2.24) is 0 Å². The molecule has 1 aliphatic heterocycles. The van der Waals surface area contributed by atoms with E-state index in [1.807, 2.05) is 0 Å². The molecule has 1 N–H and O–H groups in total. The van der Waals surface area contributed by atoms with Crippen molar-refractivity contribution in [2.75, 3.05) is 0 Å². The first kappa shape index (κ1) is 4.18. The predicted octanol–water partition coefficient (Wildman–Crippen LogP) is 0.497. The molecule has 34 valence electrons. The Morgan fingerprint density at radius 3 is 2.83 bits per heavy atom. The van der Waals surface area contributed by atoms with Crippen LogP contribution in [0.5, 0.6) is 0 Å². The highest BCUT2D eigenvalue weighted by molar-refractivity contribution is 7.97. The second-order valence-electron chi connectivity index (χ2n) is 0.912. The van der Waals surface area contributed by atoms with Gasteiger partial charge < -0.3 is 5.11 Å². The van der Waals surface area contributed by atoms with E-state index in [1.54, 1.807) is 11.5 Å². The smallest absolute Gasteiger partial charge is 0.188 e. The summed E-state index contributed by atoms with van der Waals surface area (Å²) in [5, 5.41) is 10.1. The lowest BCUT2D eigenvalue weighted by Crippen LogP contribution is -1.95. The highest BCUT2D eigenvalue weighted by atomic mass is 32.2. The molecule has 0 radical (unpaired) electrons. The molecule has 1 heterocycles. The minimum atomic E-state index is -0.671. The van der Waals surface area contributed by atoms with Crippen molar-refractivity contribution >= 4 is 12.0 Å². The van der Waals surface area contributed by atoms with Crippen LogP contribution in [-0.4, -0.2) is 11.4 Å². The summed E-state index contributed by atoms with van der Waals surface area (Å²) in [4.78, 5) is 0. The third kappa shape index (κ3) is 0.739. The van der Waals surface area contributed by atoms with E-state index in [1.165, 1.54) is 0 Å². The first-order valence-electron chi connectivity index (χ1n) is 1.56. The van der Waals surface area contributed by atoms with Crippen molar-refractivity contribution in [3.05, 3.63) is 11.5 Å². The summed E-state index contributed by atoms with van der Waals surface area (Å²) in [7, 11) is 0. The van der Waals surface area contributed by atoms with Gasteiger partial charge in [-0.15, -0.1) is 0 Å². The summed E-state index contributed by atoms with van der Waals surface area (Å²) in [6, 6.07) is 0. The van der Waals surface area contributed by atoms with E-state index in [0.717, 1.165) is 12.0 Å². The molecule has 2 nitrogen and oxygen atoms in total. The maximum Gasteiger partial charge on any atom is 0.188 e. The Morgan fingerprint density at radius 2 is 2.67 bits per heavy atom. The molecule has 0 aromatic carbocycles. The Labute approximate surface area is 40.0 Å². The molecule has 0 saturated carbocycles. The van der Waals surface area contributed by atoms with Gasteiger partial charge in [0.1, 0.15) is 0 Å². The minimum absolute atomic E-state index is 0.671. The molecule has 1 unspecified atom stereocenters. The summed E-state index contributed by atoms with van der Waals surface area (Å²) in [6.07, 6.45) is 0.903. The summed E-state index contributed by atoms with van der Waals surface area (Å²) in [5.74, 6) is 0. The van der Waals surface area contributed by atoms with Crippen LogP contribution in [-0.2, 0) is 4.18 Å². The van der Waals surface area contributed by atoms with Crippen LogP contribution < -0.4 is 0 Å². The zero-order chi connectivity index (χ0) is 4.41. The van der Waals surface area contributed by atoms with Crippen LogP contribution in [0.2, 0.25) is 0 Å². The molecule has 0 saturated heterocycles. The lowest BCUT2D eigenvalue weighted by atomic mass is 10.6. The second-order valence-corrected chi connectivity index (χ2v) is 1.57. The van der Waals surface area contributed by atoms with Crippen molar-refractivity contribution in [2.24, 2.45) is 0 Å². The van der Waals surface area contributed by atoms with Gasteiger partial charge in [-0.1, -0.05) is 0 Å². The molecule has 3 heteroatoms. The SMILES string of the molecule is OC1C=CSO1. The van der Waals surface area contributed by atoms with E-state index in [4.69, 9.17) is 5.11 Å². The summed E-state index contributed by atoms with van der Waals surface area (Å²) < 4.78 is 4.51. The van der Waals surface area contributed by atoms with Gasteiger partial charge >= 0.3 is 0 Å². The second kappa shape index (κ2) is 1.64. The number of aliphatic hydroxyl groups excluding tert-OH is 1. The van der Waals surface area contributed by atoms with Gasteiger partial charge in [0.2, 0.25) is 0 Å². The first-order chi connectivity index (χ1) is 2.89. The third-order valence-electron chi connectivity index (χ3n) is 0.453. The van der Waals surface area contributed by atoms with Gasteiger partial charge in [-0.05, 0) is 6.08 Å². The molecule has 0 aliphatic carbocycles. The van der Waals surface area contributed by atoms with E-state index in [2.05, 4.69) is 4.18 Å². The van der Waals surface area contributed by atoms with Crippen LogP contribution in [0.3, 0.4) is 0 Å². The largest absolute Gasteiger partial charge is 0.364 e. The van der Waals surface area contributed by atoms with E-state index < -0.39 is 6.29 Å². The normalized spacial score (nSPS) is 31.8. The van der Waals surface area contributed by atoms with Gasteiger partial charge in [0, 0.05) is 17.5 Å². The van der Waals surface area contributed by atoms with E-state index >= 15 is 0 Å². The number of rotatable bonds is 0. The van der Waals surface area contributed by atoms with Crippen LogP contribution in [0.1, 0.15) is 0 Å². The van der Waals surface area contributed by atoms with Gasteiger partial charge in [-0.2, -0.15) is 0 Å². The first-order valence-corrected chi connectivity index (χ1v) is 2.37. The third-order valence-corrected chi connectivity index (χ3v) is 1.03. The fourth-order valence-electron chi connectivity index (χ4n) is 0.220. The molecule has 0 aromatic heterocycles. The van der Waals surface area contributed by atoms with Crippen molar-refractivity contribution in [3.63, 3.8) is 0 Å². The topological polar surface area (TPSA) is 29.5 Å². The maximum absolute atomic E-state index is 8.40. The van der Waals surface area contributed by atoms with Crippen molar-refractivity contribution < 1.29 is 9.29 Å². The number of hydrogen-bond acceptors (Lipinski definition) is 3. The van der Waals surface area contributed by atoms with Crippen molar-refractivity contribution in [3.8, 4) is 0 Å². The lowest BCUT2D eigenvalue weighted by molar-refractivity contribution is 0.0487. The Balaban J connectivity index is 2.38. The molecule has 0 fully saturated rings. The lowest BCUT2D eigenvalue weighted by Gasteiger charge is -1.90. The molecular formula is C3H4O2S. The molecule has 1 atom stereocenters. The summed E-state index contributed by atoms with van der Waals surface area (Å²) in [6.45, 7) is 0. The van der Waals surface area contributed by atoms with E-state index in [9.17, 15) is 0 Å². The van der Waals surface area contributed by atoms with E-state index in [-0.39, 0.29) is 0 Å². The van der Waals surface area contributed by atoms with Gasteiger partial charge in [0.05, 0.1) is 0 Å². The highest BCUT2D eigenvalue weighted by Crippen LogP contribution is 2.15.